The van der Waals surface area contributed by atoms with Crippen LogP contribution in [-0.2, 0) is 4.79 Å². The molecule has 0 heterocycles. The summed E-state index contributed by atoms with van der Waals surface area (Å²) in [6.07, 6.45) is 5.38. The van der Waals surface area contributed by atoms with E-state index in [1.54, 1.807) is 6.08 Å². The Kier molecular flexibility index (Phi) is 2.84. The first-order valence-electron chi connectivity index (χ1n) is 4.32. The van der Waals surface area contributed by atoms with Crippen LogP contribution < -0.4 is 0 Å². The average molecular weight is 153 g/mol. The van der Waals surface area contributed by atoms with E-state index in [1.807, 2.05) is 0 Å². The zero-order chi connectivity index (χ0) is 8.27. The number of isocyanates is 1. The quantitative estimate of drug-likeness (QED) is 0.419. The number of rotatable bonds is 1. The SMILES string of the molecule is CC1CCCC(C)C1N=C=O. The van der Waals surface area contributed by atoms with Gasteiger partial charge in [-0.05, 0) is 24.7 Å². The van der Waals surface area contributed by atoms with Crippen molar-refractivity contribution in [2.75, 3.05) is 0 Å². The maximum Gasteiger partial charge on any atom is 0.235 e. The van der Waals surface area contributed by atoms with E-state index < -0.39 is 0 Å². The molecular formula is C9H15NO. The molecule has 1 aliphatic carbocycles. The molecule has 0 aliphatic heterocycles. The van der Waals surface area contributed by atoms with Gasteiger partial charge < -0.3 is 0 Å². The Labute approximate surface area is 67.7 Å². The van der Waals surface area contributed by atoms with Crippen molar-refractivity contribution in [3.8, 4) is 0 Å². The highest BCUT2D eigenvalue weighted by Crippen LogP contribution is 2.30. The van der Waals surface area contributed by atoms with Gasteiger partial charge >= 0.3 is 0 Å². The summed E-state index contributed by atoms with van der Waals surface area (Å²) >= 11 is 0. The molecule has 2 heteroatoms. The summed E-state index contributed by atoms with van der Waals surface area (Å²) in [6, 6.07) is 0.237. The highest BCUT2D eigenvalue weighted by Gasteiger charge is 2.26. The van der Waals surface area contributed by atoms with Crippen LogP contribution in [0.2, 0.25) is 0 Å². The lowest BCUT2D eigenvalue weighted by Crippen LogP contribution is -2.28. The van der Waals surface area contributed by atoms with Crippen LogP contribution in [0, 0.1) is 11.8 Å². The van der Waals surface area contributed by atoms with Crippen LogP contribution in [-0.4, -0.2) is 12.1 Å². The van der Waals surface area contributed by atoms with E-state index in [2.05, 4.69) is 18.8 Å². The summed E-state index contributed by atoms with van der Waals surface area (Å²) in [5.41, 5.74) is 0. The van der Waals surface area contributed by atoms with Gasteiger partial charge in [0.1, 0.15) is 0 Å². The molecule has 0 amide bonds. The third kappa shape index (κ3) is 1.90. The topological polar surface area (TPSA) is 29.4 Å². The van der Waals surface area contributed by atoms with Crippen molar-refractivity contribution in [1.82, 2.24) is 0 Å². The summed E-state index contributed by atoms with van der Waals surface area (Å²) in [6.45, 7) is 4.34. The van der Waals surface area contributed by atoms with Crippen molar-refractivity contribution >= 4 is 6.08 Å². The van der Waals surface area contributed by atoms with E-state index in [1.165, 1.54) is 19.3 Å². The fourth-order valence-electron chi connectivity index (χ4n) is 1.98. The van der Waals surface area contributed by atoms with Crippen LogP contribution in [0.5, 0.6) is 0 Å². The predicted molar refractivity (Wildman–Crippen MR) is 44.1 cm³/mol. The highest BCUT2D eigenvalue weighted by molar-refractivity contribution is 5.33. The Morgan fingerprint density at radius 1 is 1.27 bits per heavy atom. The van der Waals surface area contributed by atoms with Crippen LogP contribution in [0.4, 0.5) is 0 Å². The fourth-order valence-corrected chi connectivity index (χ4v) is 1.98. The largest absolute Gasteiger partial charge is 0.235 e. The Hall–Kier alpha value is -0.620. The molecule has 0 spiro atoms. The molecule has 0 aromatic rings. The highest BCUT2D eigenvalue weighted by atomic mass is 16.1. The summed E-state index contributed by atoms with van der Waals surface area (Å²) in [5, 5.41) is 0. The van der Waals surface area contributed by atoms with Crippen molar-refractivity contribution in [3.05, 3.63) is 0 Å². The van der Waals surface area contributed by atoms with Crippen LogP contribution >= 0.6 is 0 Å². The van der Waals surface area contributed by atoms with Crippen molar-refractivity contribution < 1.29 is 4.79 Å². The molecule has 1 aliphatic rings. The van der Waals surface area contributed by atoms with Crippen molar-refractivity contribution in [2.24, 2.45) is 16.8 Å². The third-order valence-corrected chi connectivity index (χ3v) is 2.69. The van der Waals surface area contributed by atoms with E-state index in [-0.39, 0.29) is 6.04 Å². The normalized spacial score (nSPS) is 37.8. The number of aliphatic imine (C=N–C) groups is 1. The molecular weight excluding hydrogens is 138 g/mol. The third-order valence-electron chi connectivity index (χ3n) is 2.69. The lowest BCUT2D eigenvalue weighted by Gasteiger charge is -2.30. The Bertz CT molecular complexity index is 162. The summed E-state index contributed by atoms with van der Waals surface area (Å²) in [5.74, 6) is 1.14. The van der Waals surface area contributed by atoms with Gasteiger partial charge in [-0.1, -0.05) is 20.3 Å². The van der Waals surface area contributed by atoms with Gasteiger partial charge in [0.2, 0.25) is 6.08 Å². The van der Waals surface area contributed by atoms with Gasteiger partial charge in [-0.15, -0.1) is 0 Å². The summed E-state index contributed by atoms with van der Waals surface area (Å²) in [4.78, 5) is 13.9. The lowest BCUT2D eigenvalue weighted by molar-refractivity contribution is 0.252. The molecule has 62 valence electrons. The Morgan fingerprint density at radius 2 is 1.82 bits per heavy atom. The van der Waals surface area contributed by atoms with E-state index >= 15 is 0 Å². The molecule has 0 aromatic heterocycles. The van der Waals surface area contributed by atoms with E-state index in [4.69, 9.17) is 0 Å². The second-order valence-corrected chi connectivity index (χ2v) is 3.60. The number of hydrogen-bond acceptors (Lipinski definition) is 2. The average Bonchev–Trinajstić information content (AvgIpc) is 1.97. The van der Waals surface area contributed by atoms with Crippen LogP contribution in [0.1, 0.15) is 33.1 Å². The van der Waals surface area contributed by atoms with Gasteiger partial charge in [-0.3, -0.25) is 0 Å². The van der Waals surface area contributed by atoms with Gasteiger partial charge in [0.25, 0.3) is 0 Å². The monoisotopic (exact) mass is 153 g/mol. The van der Waals surface area contributed by atoms with Crippen molar-refractivity contribution in [1.29, 1.82) is 0 Å². The zero-order valence-corrected chi connectivity index (χ0v) is 7.21. The Morgan fingerprint density at radius 3 is 2.27 bits per heavy atom. The second kappa shape index (κ2) is 3.68. The lowest BCUT2D eigenvalue weighted by atomic mass is 9.79. The van der Waals surface area contributed by atoms with E-state index in [9.17, 15) is 4.79 Å². The first-order chi connectivity index (χ1) is 5.25. The zero-order valence-electron chi connectivity index (χ0n) is 7.21. The molecule has 0 bridgehead atoms. The fraction of sp³-hybridized carbons (Fsp3) is 0.889. The van der Waals surface area contributed by atoms with Gasteiger partial charge in [-0.2, -0.15) is 0 Å². The van der Waals surface area contributed by atoms with E-state index in [0.29, 0.717) is 11.8 Å². The van der Waals surface area contributed by atoms with Gasteiger partial charge in [0.15, 0.2) is 0 Å². The molecule has 0 N–H and O–H groups in total. The minimum Gasteiger partial charge on any atom is -0.211 e. The maximum absolute atomic E-state index is 10.1. The predicted octanol–water partition coefficient (Wildman–Crippen LogP) is 2.15. The molecule has 2 nitrogen and oxygen atoms in total. The molecule has 0 saturated heterocycles. The molecule has 2 unspecified atom stereocenters. The smallest absolute Gasteiger partial charge is 0.211 e. The Balaban J connectivity index is 2.62. The minimum absolute atomic E-state index is 0.237. The van der Waals surface area contributed by atoms with Crippen molar-refractivity contribution in [2.45, 2.75) is 39.2 Å². The summed E-state index contributed by atoms with van der Waals surface area (Å²) < 4.78 is 0. The molecule has 0 radical (unpaired) electrons. The number of hydrogen-bond donors (Lipinski definition) is 0. The molecule has 1 fully saturated rings. The minimum atomic E-state index is 0.237. The van der Waals surface area contributed by atoms with Crippen molar-refractivity contribution in [3.63, 3.8) is 0 Å². The molecule has 11 heavy (non-hydrogen) atoms. The molecule has 1 saturated carbocycles. The van der Waals surface area contributed by atoms with Gasteiger partial charge in [0.05, 0.1) is 6.04 Å². The maximum atomic E-state index is 10.1. The van der Waals surface area contributed by atoms with Crippen LogP contribution in [0.25, 0.3) is 0 Å². The first-order valence-corrected chi connectivity index (χ1v) is 4.32. The molecule has 0 aromatic carbocycles. The van der Waals surface area contributed by atoms with Crippen LogP contribution in [0.3, 0.4) is 0 Å². The molecule has 1 rings (SSSR count). The van der Waals surface area contributed by atoms with E-state index in [0.717, 1.165) is 0 Å². The van der Waals surface area contributed by atoms with Crippen LogP contribution in [0.15, 0.2) is 4.99 Å². The summed E-state index contributed by atoms with van der Waals surface area (Å²) in [7, 11) is 0. The second-order valence-electron chi connectivity index (χ2n) is 3.60. The van der Waals surface area contributed by atoms with Gasteiger partial charge in [0, 0.05) is 0 Å². The number of nitrogens with zero attached hydrogens (tertiary/aromatic N) is 1. The molecule has 2 atom stereocenters. The first kappa shape index (κ1) is 8.48. The van der Waals surface area contributed by atoms with Gasteiger partial charge in [-0.25, -0.2) is 9.79 Å². The number of carbonyl (C=O) groups excluding carboxylic acids is 1. The standard InChI is InChI=1S/C9H15NO/c1-7-4-3-5-8(2)9(7)10-6-11/h7-9H,3-5H2,1-2H3.